The molecule has 1 aliphatic heterocycles. The van der Waals surface area contributed by atoms with E-state index in [9.17, 15) is 0 Å². The third-order valence-electron chi connectivity index (χ3n) is 3.31. The summed E-state index contributed by atoms with van der Waals surface area (Å²) in [4.78, 5) is 1.95. The van der Waals surface area contributed by atoms with Crippen LogP contribution >= 0.6 is 23.8 Å². The Labute approximate surface area is 141 Å². The fourth-order valence-corrected chi connectivity index (χ4v) is 2.84. The van der Waals surface area contributed by atoms with Crippen LogP contribution in [-0.2, 0) is 6.42 Å². The van der Waals surface area contributed by atoms with Gasteiger partial charge in [-0.05, 0) is 49.3 Å². The van der Waals surface area contributed by atoms with Crippen molar-refractivity contribution >= 4 is 28.9 Å². The molecule has 1 aromatic carbocycles. The molecule has 1 heterocycles. The van der Waals surface area contributed by atoms with Crippen LogP contribution in [0.25, 0.3) is 0 Å². The zero-order chi connectivity index (χ0) is 16.0. The van der Waals surface area contributed by atoms with Crippen LogP contribution in [0.3, 0.4) is 0 Å². The van der Waals surface area contributed by atoms with Gasteiger partial charge in [-0.1, -0.05) is 35.9 Å². The molecule has 1 unspecified atom stereocenters. The van der Waals surface area contributed by atoms with Crippen molar-refractivity contribution in [2.24, 2.45) is 5.73 Å². The summed E-state index contributed by atoms with van der Waals surface area (Å²) in [7, 11) is 0. The maximum absolute atomic E-state index is 6.58. The number of benzene rings is 1. The molecule has 0 fully saturated rings. The van der Waals surface area contributed by atoms with Gasteiger partial charge in [-0.2, -0.15) is 0 Å². The fourth-order valence-electron chi connectivity index (χ4n) is 2.31. The van der Waals surface area contributed by atoms with Gasteiger partial charge in [0, 0.05) is 12.7 Å². The number of rotatable bonds is 6. The molecule has 22 heavy (non-hydrogen) atoms. The second kappa shape index (κ2) is 7.51. The average Bonchev–Trinajstić information content (AvgIpc) is 2.47. The molecule has 0 spiro atoms. The third kappa shape index (κ3) is 4.15. The number of alkyl halides is 1. The van der Waals surface area contributed by atoms with E-state index in [2.05, 4.69) is 11.4 Å². The SMILES string of the molecule is CCOc1ccccc1CCN1C=CC=CC1(Cl)NC(N)=S. The summed E-state index contributed by atoms with van der Waals surface area (Å²) in [6.07, 6.45) is 8.32. The van der Waals surface area contributed by atoms with Crippen molar-refractivity contribution in [3.8, 4) is 5.75 Å². The Bertz CT molecular complexity index is 591. The lowest BCUT2D eigenvalue weighted by Crippen LogP contribution is -2.56. The van der Waals surface area contributed by atoms with Crippen molar-refractivity contribution in [1.29, 1.82) is 0 Å². The number of nitrogens with zero attached hydrogens (tertiary/aromatic N) is 1. The maximum atomic E-state index is 6.58. The summed E-state index contributed by atoms with van der Waals surface area (Å²) in [5.41, 5.74) is 6.71. The number of allylic oxidation sites excluding steroid dienone is 2. The van der Waals surface area contributed by atoms with E-state index in [-0.39, 0.29) is 5.11 Å². The Morgan fingerprint density at radius 3 is 2.91 bits per heavy atom. The lowest BCUT2D eigenvalue weighted by molar-refractivity contribution is 0.262. The van der Waals surface area contributed by atoms with Crippen molar-refractivity contribution in [3.05, 3.63) is 54.3 Å². The van der Waals surface area contributed by atoms with E-state index in [0.29, 0.717) is 13.2 Å². The highest BCUT2D eigenvalue weighted by molar-refractivity contribution is 7.80. The zero-order valence-corrected chi connectivity index (χ0v) is 14.0. The molecular formula is C16H20ClN3OS. The number of hydrogen-bond donors (Lipinski definition) is 2. The number of thiocarbonyl (C=S) groups is 1. The van der Waals surface area contributed by atoms with Gasteiger partial charge in [0.25, 0.3) is 0 Å². The van der Waals surface area contributed by atoms with Gasteiger partial charge in [0.05, 0.1) is 6.61 Å². The largest absolute Gasteiger partial charge is 0.494 e. The molecule has 2 rings (SSSR count). The predicted octanol–water partition coefficient (Wildman–Crippen LogP) is 2.74. The average molecular weight is 338 g/mol. The lowest BCUT2D eigenvalue weighted by atomic mass is 10.1. The minimum absolute atomic E-state index is 0.162. The molecule has 0 aliphatic carbocycles. The monoisotopic (exact) mass is 337 g/mol. The first-order valence-electron chi connectivity index (χ1n) is 7.15. The predicted molar refractivity (Wildman–Crippen MR) is 94.8 cm³/mol. The summed E-state index contributed by atoms with van der Waals surface area (Å²) < 4.78 is 5.65. The standard InChI is InChI=1S/C16H20ClN3OS/c1-2-21-14-8-4-3-7-13(14)9-12-20-11-6-5-10-16(20,17)19-15(18)22/h3-8,10-11H,2,9,12H2,1H3,(H3,18,19,22). The Morgan fingerprint density at radius 1 is 1.41 bits per heavy atom. The van der Waals surface area contributed by atoms with Gasteiger partial charge < -0.3 is 20.7 Å². The summed E-state index contributed by atoms with van der Waals surface area (Å²) in [5.74, 6) is 0.906. The van der Waals surface area contributed by atoms with Crippen LogP contribution in [0.15, 0.2) is 48.7 Å². The van der Waals surface area contributed by atoms with Crippen molar-refractivity contribution < 1.29 is 4.74 Å². The Morgan fingerprint density at radius 2 is 2.18 bits per heavy atom. The molecule has 1 aromatic rings. The highest BCUT2D eigenvalue weighted by Crippen LogP contribution is 2.25. The minimum atomic E-state index is -0.929. The molecule has 118 valence electrons. The second-order valence-corrected chi connectivity index (χ2v) is 5.86. The van der Waals surface area contributed by atoms with E-state index in [1.165, 1.54) is 0 Å². The van der Waals surface area contributed by atoms with E-state index in [1.54, 1.807) is 0 Å². The van der Waals surface area contributed by atoms with Crippen LogP contribution in [0.1, 0.15) is 12.5 Å². The van der Waals surface area contributed by atoms with E-state index >= 15 is 0 Å². The molecule has 0 amide bonds. The van der Waals surface area contributed by atoms with Gasteiger partial charge in [-0.15, -0.1) is 0 Å². The molecule has 0 aromatic heterocycles. The molecular weight excluding hydrogens is 318 g/mol. The lowest BCUT2D eigenvalue weighted by Gasteiger charge is -2.38. The first kappa shape index (κ1) is 16.6. The number of hydrogen-bond acceptors (Lipinski definition) is 3. The molecule has 6 heteroatoms. The summed E-state index contributed by atoms with van der Waals surface area (Å²) >= 11 is 11.5. The highest BCUT2D eigenvalue weighted by atomic mass is 35.5. The Balaban J connectivity index is 2.08. The Kier molecular flexibility index (Phi) is 5.69. The number of ether oxygens (including phenoxy) is 1. The number of halogens is 1. The molecule has 3 N–H and O–H groups in total. The summed E-state index contributed by atoms with van der Waals surface area (Å²) in [6, 6.07) is 8.01. The van der Waals surface area contributed by atoms with Gasteiger partial charge in [0.15, 0.2) is 5.11 Å². The van der Waals surface area contributed by atoms with Crippen LogP contribution in [0.4, 0.5) is 0 Å². The second-order valence-electron chi connectivity index (χ2n) is 4.85. The van der Waals surface area contributed by atoms with Gasteiger partial charge in [-0.3, -0.25) is 0 Å². The molecule has 1 aliphatic rings. The smallest absolute Gasteiger partial charge is 0.210 e. The van der Waals surface area contributed by atoms with Crippen LogP contribution in [0, 0.1) is 0 Å². The molecule has 0 saturated carbocycles. The normalized spacial score (nSPS) is 20.0. The molecule has 4 nitrogen and oxygen atoms in total. The first-order chi connectivity index (χ1) is 10.5. The number of para-hydroxylation sites is 1. The topological polar surface area (TPSA) is 50.5 Å². The van der Waals surface area contributed by atoms with Crippen LogP contribution in [0.2, 0.25) is 0 Å². The van der Waals surface area contributed by atoms with Gasteiger partial charge in [-0.25, -0.2) is 0 Å². The van der Waals surface area contributed by atoms with E-state index in [0.717, 1.165) is 17.7 Å². The molecule has 1 atom stereocenters. The number of nitrogens with one attached hydrogen (secondary N) is 1. The van der Waals surface area contributed by atoms with E-state index in [1.807, 2.05) is 54.5 Å². The van der Waals surface area contributed by atoms with E-state index < -0.39 is 5.12 Å². The Hall–Kier alpha value is -1.72. The summed E-state index contributed by atoms with van der Waals surface area (Å²) in [5, 5.41) is 2.15. The van der Waals surface area contributed by atoms with Crippen molar-refractivity contribution in [3.63, 3.8) is 0 Å². The van der Waals surface area contributed by atoms with Crippen LogP contribution in [0.5, 0.6) is 5.75 Å². The number of nitrogens with two attached hydrogens (primary N) is 1. The maximum Gasteiger partial charge on any atom is 0.210 e. The first-order valence-corrected chi connectivity index (χ1v) is 7.94. The molecule has 0 bridgehead atoms. The fraction of sp³-hybridized carbons (Fsp3) is 0.312. The van der Waals surface area contributed by atoms with Crippen LogP contribution in [-0.4, -0.2) is 28.3 Å². The molecule has 0 saturated heterocycles. The van der Waals surface area contributed by atoms with Crippen molar-refractivity contribution in [2.75, 3.05) is 13.2 Å². The van der Waals surface area contributed by atoms with Gasteiger partial charge in [0.2, 0.25) is 5.12 Å². The summed E-state index contributed by atoms with van der Waals surface area (Å²) in [6.45, 7) is 3.32. The minimum Gasteiger partial charge on any atom is -0.494 e. The highest BCUT2D eigenvalue weighted by Gasteiger charge is 2.31. The third-order valence-corrected chi connectivity index (χ3v) is 3.84. The van der Waals surface area contributed by atoms with Gasteiger partial charge >= 0.3 is 0 Å². The van der Waals surface area contributed by atoms with Crippen molar-refractivity contribution in [1.82, 2.24) is 10.2 Å². The van der Waals surface area contributed by atoms with Crippen molar-refractivity contribution in [2.45, 2.75) is 18.5 Å². The van der Waals surface area contributed by atoms with E-state index in [4.69, 9.17) is 34.3 Å². The van der Waals surface area contributed by atoms with Gasteiger partial charge in [0.1, 0.15) is 5.75 Å². The quantitative estimate of drug-likeness (QED) is 0.475. The van der Waals surface area contributed by atoms with Crippen LogP contribution < -0.4 is 15.8 Å². The molecule has 0 radical (unpaired) electrons. The zero-order valence-electron chi connectivity index (χ0n) is 12.5.